The van der Waals surface area contributed by atoms with Crippen LogP contribution in [-0.4, -0.2) is 8.32 Å². The summed E-state index contributed by atoms with van der Waals surface area (Å²) >= 11 is 0. The summed E-state index contributed by atoms with van der Waals surface area (Å²) in [5.74, 6) is 0.998. The van der Waals surface area contributed by atoms with Crippen molar-refractivity contribution in [3.8, 4) is 5.75 Å². The van der Waals surface area contributed by atoms with Crippen LogP contribution in [0.5, 0.6) is 5.75 Å². The largest absolute Gasteiger partial charge is 0.542 e. The molecule has 0 aliphatic carbocycles. The molecular weight excluding hydrogens is 236 g/mol. The number of rotatable bonds is 4. The fourth-order valence-corrected chi connectivity index (χ4v) is 9.52. The lowest BCUT2D eigenvalue weighted by atomic mass is 10.2. The molecule has 0 saturated carbocycles. The minimum atomic E-state index is -1.91. The molecule has 0 fully saturated rings. The molecule has 1 radical (unpaired) electrons. The van der Waals surface area contributed by atoms with Crippen LogP contribution in [0.25, 0.3) is 0 Å². The van der Waals surface area contributed by atoms with Gasteiger partial charge in [-0.3, -0.25) is 0 Å². The van der Waals surface area contributed by atoms with Crippen molar-refractivity contribution in [1.29, 1.82) is 0 Å². The average Bonchev–Trinajstić information content (AvgIpc) is 2.24. The first-order valence-electron chi connectivity index (χ1n) is 6.87. The molecular formula is C16H27OSi. The molecule has 0 aromatic heterocycles. The Morgan fingerprint density at radius 3 is 1.78 bits per heavy atom. The van der Waals surface area contributed by atoms with Crippen molar-refractivity contribution in [3.63, 3.8) is 0 Å². The molecule has 0 unspecified atom stereocenters. The van der Waals surface area contributed by atoms with Crippen molar-refractivity contribution in [2.24, 2.45) is 0 Å². The number of hydrogen-bond donors (Lipinski definition) is 0. The van der Waals surface area contributed by atoms with E-state index < -0.39 is 8.32 Å². The lowest BCUT2D eigenvalue weighted by molar-refractivity contribution is 0.440. The zero-order valence-electron chi connectivity index (χ0n) is 12.9. The first kappa shape index (κ1) is 15.3. The van der Waals surface area contributed by atoms with Crippen LogP contribution in [-0.2, 0) is 0 Å². The van der Waals surface area contributed by atoms with E-state index in [1.165, 1.54) is 0 Å². The predicted molar refractivity (Wildman–Crippen MR) is 81.6 cm³/mol. The monoisotopic (exact) mass is 263 g/mol. The van der Waals surface area contributed by atoms with Crippen molar-refractivity contribution in [3.05, 3.63) is 30.3 Å². The van der Waals surface area contributed by atoms with Gasteiger partial charge in [-0.1, -0.05) is 60.6 Å². The Hall–Kier alpha value is -0.763. The molecule has 0 N–H and O–H groups in total. The number of hydrogen-bond acceptors (Lipinski definition) is 1. The first-order chi connectivity index (χ1) is 8.22. The van der Waals surface area contributed by atoms with Gasteiger partial charge in [0.15, 0.2) is 0 Å². The molecule has 0 amide bonds. The fourth-order valence-electron chi connectivity index (χ4n) is 3.42. The molecule has 1 aromatic carbocycles. The lowest BCUT2D eigenvalue weighted by Crippen LogP contribution is -2.55. The summed E-state index contributed by atoms with van der Waals surface area (Å²) < 4.78 is 6.61. The molecule has 1 nitrogen and oxygen atoms in total. The van der Waals surface area contributed by atoms with E-state index in [1.54, 1.807) is 0 Å². The molecule has 0 spiro atoms. The summed E-state index contributed by atoms with van der Waals surface area (Å²) in [5.41, 5.74) is 1.17. The van der Waals surface area contributed by atoms with Gasteiger partial charge in [-0.15, -0.1) is 0 Å². The van der Waals surface area contributed by atoms with Gasteiger partial charge in [-0.05, 0) is 34.3 Å². The number of benzene rings is 1. The van der Waals surface area contributed by atoms with Gasteiger partial charge in [-0.25, -0.2) is 0 Å². The standard InChI is InChI=1S/C16H27OSi/c1-13(2)18(14(3)4,16(5,6)7)17-15-11-9-8-10-12-15/h9-14H,1-7H3. The molecule has 2 heteroatoms. The van der Waals surface area contributed by atoms with Crippen molar-refractivity contribution < 1.29 is 4.43 Å². The van der Waals surface area contributed by atoms with Crippen LogP contribution in [0.3, 0.4) is 0 Å². The molecule has 1 rings (SSSR count). The maximum Gasteiger partial charge on any atom is 0.261 e. The van der Waals surface area contributed by atoms with Gasteiger partial charge in [-0.2, -0.15) is 0 Å². The Balaban J connectivity index is 3.20. The molecule has 101 valence electrons. The third-order valence-electron chi connectivity index (χ3n) is 3.86. The quantitative estimate of drug-likeness (QED) is 0.658. The third-order valence-corrected chi connectivity index (χ3v) is 10.2. The Morgan fingerprint density at radius 2 is 1.44 bits per heavy atom. The summed E-state index contributed by atoms with van der Waals surface area (Å²) in [6.45, 7) is 16.2. The van der Waals surface area contributed by atoms with Crippen molar-refractivity contribution in [1.82, 2.24) is 0 Å². The Morgan fingerprint density at radius 1 is 1.00 bits per heavy atom. The van der Waals surface area contributed by atoms with Gasteiger partial charge in [0.1, 0.15) is 5.75 Å². The van der Waals surface area contributed by atoms with Gasteiger partial charge in [0, 0.05) is 0 Å². The molecule has 0 heterocycles. The second-order valence-corrected chi connectivity index (χ2v) is 12.3. The summed E-state index contributed by atoms with van der Waals surface area (Å²) in [5, 5.41) is 0.217. The maximum atomic E-state index is 6.61. The van der Waals surface area contributed by atoms with E-state index in [1.807, 2.05) is 24.3 Å². The highest BCUT2D eigenvalue weighted by Crippen LogP contribution is 2.50. The Bertz CT molecular complexity index is 354. The maximum absolute atomic E-state index is 6.61. The van der Waals surface area contributed by atoms with Crippen molar-refractivity contribution >= 4 is 8.32 Å². The highest BCUT2D eigenvalue weighted by atomic mass is 28.4. The minimum Gasteiger partial charge on any atom is -0.542 e. The van der Waals surface area contributed by atoms with Gasteiger partial charge >= 0.3 is 0 Å². The Kier molecular flexibility index (Phi) is 4.65. The normalized spacial score (nSPS) is 13.2. The smallest absolute Gasteiger partial charge is 0.261 e. The highest BCUT2D eigenvalue weighted by Gasteiger charge is 2.53. The second kappa shape index (κ2) is 5.48. The summed E-state index contributed by atoms with van der Waals surface area (Å²) in [6, 6.07) is 11.0. The summed E-state index contributed by atoms with van der Waals surface area (Å²) in [7, 11) is -1.91. The summed E-state index contributed by atoms with van der Waals surface area (Å²) in [6.07, 6.45) is 0. The van der Waals surface area contributed by atoms with Crippen LogP contribution in [0.2, 0.25) is 16.1 Å². The zero-order valence-corrected chi connectivity index (χ0v) is 13.9. The van der Waals surface area contributed by atoms with E-state index in [9.17, 15) is 0 Å². The van der Waals surface area contributed by atoms with Gasteiger partial charge in [0.2, 0.25) is 0 Å². The Labute approximate surface area is 114 Å². The summed E-state index contributed by atoms with van der Waals surface area (Å²) in [4.78, 5) is 0. The molecule has 0 saturated heterocycles. The van der Waals surface area contributed by atoms with E-state index >= 15 is 0 Å². The molecule has 0 atom stereocenters. The van der Waals surface area contributed by atoms with Crippen molar-refractivity contribution in [2.75, 3.05) is 0 Å². The van der Waals surface area contributed by atoms with Crippen LogP contribution < -0.4 is 4.43 Å². The van der Waals surface area contributed by atoms with Crippen LogP contribution in [0.1, 0.15) is 48.5 Å². The lowest BCUT2D eigenvalue weighted by Gasteiger charge is -2.48. The van der Waals surface area contributed by atoms with Gasteiger partial charge in [0.05, 0.1) is 0 Å². The van der Waals surface area contributed by atoms with Crippen molar-refractivity contribution in [2.45, 2.75) is 64.6 Å². The van der Waals surface area contributed by atoms with E-state index in [0.717, 1.165) is 5.75 Å². The van der Waals surface area contributed by atoms with E-state index in [2.05, 4.69) is 54.5 Å². The van der Waals surface area contributed by atoms with Crippen LogP contribution in [0, 0.1) is 6.07 Å². The molecule has 18 heavy (non-hydrogen) atoms. The average molecular weight is 263 g/mol. The van der Waals surface area contributed by atoms with Crippen LogP contribution in [0.4, 0.5) is 0 Å². The van der Waals surface area contributed by atoms with E-state index in [0.29, 0.717) is 11.1 Å². The fraction of sp³-hybridized carbons (Fsp3) is 0.625. The molecule has 0 aliphatic heterocycles. The highest BCUT2D eigenvalue weighted by molar-refractivity contribution is 6.79. The van der Waals surface area contributed by atoms with E-state index in [4.69, 9.17) is 4.43 Å². The van der Waals surface area contributed by atoms with Crippen LogP contribution in [0.15, 0.2) is 24.3 Å². The first-order valence-corrected chi connectivity index (χ1v) is 8.93. The van der Waals surface area contributed by atoms with Gasteiger partial charge < -0.3 is 4.43 Å². The van der Waals surface area contributed by atoms with Crippen LogP contribution >= 0.6 is 0 Å². The molecule has 1 aromatic rings. The SMILES string of the molecule is CC(C)[Si](Oc1cc[c]cc1)(C(C)C)C(C)(C)C. The van der Waals surface area contributed by atoms with E-state index in [-0.39, 0.29) is 5.04 Å². The minimum absolute atomic E-state index is 0.217. The zero-order chi connectivity index (χ0) is 14.0. The second-order valence-electron chi connectivity index (χ2n) is 6.69. The van der Waals surface area contributed by atoms with Gasteiger partial charge in [0.25, 0.3) is 8.32 Å². The third kappa shape index (κ3) is 2.80. The topological polar surface area (TPSA) is 9.23 Å². The molecule has 0 bridgehead atoms. The molecule has 0 aliphatic rings. The predicted octanol–water partition coefficient (Wildman–Crippen LogP) is 5.43.